The number of hydrogen-bond donors (Lipinski definition) is 0. The van der Waals surface area contributed by atoms with Gasteiger partial charge in [0.05, 0.1) is 92.5 Å². The molecular weight excluding hydrogens is 522 g/mol. The molecule has 0 aliphatic carbocycles. The van der Waals surface area contributed by atoms with Gasteiger partial charge in [0.1, 0.15) is 48.8 Å². The van der Waals surface area contributed by atoms with Gasteiger partial charge >= 0.3 is 0 Å². The zero-order chi connectivity index (χ0) is 26.7. The summed E-state index contributed by atoms with van der Waals surface area (Å²) in [4.78, 5) is 2.68. The molecule has 15 nitrogen and oxygen atoms in total. The average molecular weight is 562 g/mol. The molecule has 5 unspecified atom stereocenters. The van der Waals surface area contributed by atoms with Crippen LogP contribution < -0.4 is 0 Å². The van der Waals surface area contributed by atoms with Crippen LogP contribution in [0.1, 0.15) is 0 Å². The highest BCUT2D eigenvalue weighted by atomic mass is 16.7. The van der Waals surface area contributed by atoms with E-state index in [1.165, 1.54) is 0 Å². The number of azide groups is 1. The molecule has 5 rings (SSSR count). The van der Waals surface area contributed by atoms with E-state index in [0.717, 1.165) is 0 Å². The molecular formula is C24H39N3O12. The zero-order valence-electron chi connectivity index (χ0n) is 22.0. The van der Waals surface area contributed by atoms with Gasteiger partial charge < -0.3 is 56.8 Å². The summed E-state index contributed by atoms with van der Waals surface area (Å²) in [5.74, 6) is 0. The lowest BCUT2D eigenvalue weighted by Crippen LogP contribution is -2.62. The Kier molecular flexibility index (Phi) is 11.8. The van der Waals surface area contributed by atoms with Crippen LogP contribution in [0.2, 0.25) is 0 Å². The van der Waals surface area contributed by atoms with Gasteiger partial charge in [-0.3, -0.25) is 0 Å². The lowest BCUT2D eigenvalue weighted by Gasteiger charge is -2.45. The van der Waals surface area contributed by atoms with Gasteiger partial charge in [-0.25, -0.2) is 0 Å². The topological polar surface area (TPSA) is 173 Å². The first-order chi connectivity index (χ1) is 19.3. The molecule has 0 spiro atoms. The summed E-state index contributed by atoms with van der Waals surface area (Å²) in [7, 11) is 0. The molecule has 0 radical (unpaired) electrons. The summed E-state index contributed by atoms with van der Waals surface area (Å²) in [6, 6.07) is 0. The van der Waals surface area contributed by atoms with Crippen LogP contribution in [0.4, 0.5) is 0 Å². The van der Waals surface area contributed by atoms with Crippen molar-refractivity contribution in [3.05, 3.63) is 10.4 Å². The van der Waals surface area contributed by atoms with E-state index in [-0.39, 0.29) is 37.6 Å². The van der Waals surface area contributed by atoms with E-state index < -0.39 is 30.7 Å². The molecule has 0 aromatic rings. The molecule has 0 aromatic heterocycles. The van der Waals surface area contributed by atoms with E-state index >= 15 is 0 Å². The van der Waals surface area contributed by atoms with Crippen LogP contribution in [-0.2, 0) is 56.8 Å². The molecule has 5 fully saturated rings. The molecule has 39 heavy (non-hydrogen) atoms. The lowest BCUT2D eigenvalue weighted by molar-refractivity contribution is -0.325. The molecule has 0 bridgehead atoms. The largest absolute Gasteiger partial charge is 0.379 e. The average Bonchev–Trinajstić information content (AvgIpc) is 3.77. The Morgan fingerprint density at radius 2 is 1.13 bits per heavy atom. The predicted octanol–water partition coefficient (Wildman–Crippen LogP) is -0.161. The predicted molar refractivity (Wildman–Crippen MR) is 129 cm³/mol. The van der Waals surface area contributed by atoms with Crippen LogP contribution in [0.5, 0.6) is 0 Å². The van der Waals surface area contributed by atoms with Crippen molar-refractivity contribution in [3.8, 4) is 0 Å². The normalized spacial score (nSPS) is 36.4. The number of epoxide rings is 4. The second kappa shape index (κ2) is 15.7. The Bertz CT molecular complexity index is 761. The molecule has 15 heteroatoms. The van der Waals surface area contributed by atoms with Crippen molar-refractivity contribution in [2.24, 2.45) is 5.11 Å². The second-order valence-electron chi connectivity index (χ2n) is 9.85. The maximum absolute atomic E-state index is 8.28. The molecule has 0 amide bonds. The molecule has 5 aliphatic rings. The van der Waals surface area contributed by atoms with E-state index in [4.69, 9.17) is 62.4 Å². The Morgan fingerprint density at radius 3 is 1.74 bits per heavy atom. The van der Waals surface area contributed by atoms with Gasteiger partial charge in [0.15, 0.2) is 6.29 Å². The highest BCUT2D eigenvalue weighted by Crippen LogP contribution is 2.32. The minimum Gasteiger partial charge on any atom is -0.379 e. The van der Waals surface area contributed by atoms with Gasteiger partial charge in [-0.2, -0.15) is 0 Å². The fourth-order valence-corrected chi connectivity index (χ4v) is 4.04. The maximum Gasteiger partial charge on any atom is 0.187 e. The molecule has 0 N–H and O–H groups in total. The van der Waals surface area contributed by atoms with E-state index in [0.29, 0.717) is 85.8 Å². The standard InChI is InChI=1S/C24H39N3O12/c25-27-26-1-2-28-3-4-29-5-6-31-24-23(38-14-19-11-35-19)22(37-13-18-10-34-18)21(36-12-17-9-33-17)20(39-24)15-30-7-16-8-32-16/h16-24H,1-15H2/t16?,17?,18?,19?,20-,21-,22+,23-,24?/m1/s1. The summed E-state index contributed by atoms with van der Waals surface area (Å²) >= 11 is 0. The van der Waals surface area contributed by atoms with E-state index in [1.807, 2.05) is 0 Å². The Morgan fingerprint density at radius 1 is 0.590 bits per heavy atom. The quantitative estimate of drug-likeness (QED) is 0.0531. The Balaban J connectivity index is 1.16. The molecule has 5 heterocycles. The smallest absolute Gasteiger partial charge is 0.187 e. The fourth-order valence-electron chi connectivity index (χ4n) is 4.04. The second-order valence-corrected chi connectivity index (χ2v) is 9.85. The van der Waals surface area contributed by atoms with Crippen molar-refractivity contribution in [2.45, 2.75) is 55.1 Å². The molecule has 9 atom stereocenters. The first kappa shape index (κ1) is 29.3. The van der Waals surface area contributed by atoms with Crippen molar-refractivity contribution in [2.75, 3.05) is 99.0 Å². The van der Waals surface area contributed by atoms with Gasteiger partial charge in [0, 0.05) is 11.5 Å². The summed E-state index contributed by atoms with van der Waals surface area (Å²) < 4.78 is 69.7. The summed E-state index contributed by atoms with van der Waals surface area (Å²) in [5.41, 5.74) is 8.28. The molecule has 0 aromatic carbocycles. The number of ether oxygens (including phenoxy) is 12. The van der Waals surface area contributed by atoms with Crippen LogP contribution in [0.3, 0.4) is 0 Å². The van der Waals surface area contributed by atoms with Gasteiger partial charge in [-0.1, -0.05) is 5.11 Å². The van der Waals surface area contributed by atoms with Gasteiger partial charge in [0.2, 0.25) is 0 Å². The van der Waals surface area contributed by atoms with Crippen LogP contribution in [0, 0.1) is 0 Å². The first-order valence-electron chi connectivity index (χ1n) is 13.6. The molecule has 222 valence electrons. The van der Waals surface area contributed by atoms with Gasteiger partial charge in [-0.05, 0) is 5.53 Å². The Hall–Kier alpha value is -1.17. The highest BCUT2D eigenvalue weighted by molar-refractivity contribution is 4.94. The van der Waals surface area contributed by atoms with E-state index in [9.17, 15) is 0 Å². The van der Waals surface area contributed by atoms with E-state index in [2.05, 4.69) is 10.0 Å². The fraction of sp³-hybridized carbons (Fsp3) is 1.00. The SMILES string of the molecule is [N-]=[N+]=NCCOCCOCCOC1O[C@H](COCC2CO2)[C@@H](OCC2CO2)[C@H](OCC2CO2)[C@H]1OCC1CO1. The zero-order valence-corrected chi connectivity index (χ0v) is 22.0. The third-order valence-corrected chi connectivity index (χ3v) is 6.49. The highest BCUT2D eigenvalue weighted by Gasteiger charge is 2.50. The molecule has 5 aliphatic heterocycles. The van der Waals surface area contributed by atoms with Gasteiger partial charge in [0.25, 0.3) is 0 Å². The van der Waals surface area contributed by atoms with Crippen LogP contribution in [0.25, 0.3) is 10.4 Å². The summed E-state index contributed by atoms with van der Waals surface area (Å²) in [6.45, 7) is 6.77. The first-order valence-corrected chi connectivity index (χ1v) is 13.6. The number of nitrogens with zero attached hydrogens (tertiary/aromatic N) is 3. The van der Waals surface area contributed by atoms with Crippen molar-refractivity contribution >= 4 is 0 Å². The van der Waals surface area contributed by atoms with E-state index in [1.54, 1.807) is 0 Å². The number of hydrogen-bond acceptors (Lipinski definition) is 13. The summed E-state index contributed by atoms with van der Waals surface area (Å²) in [6.07, 6.45) is -2.37. The van der Waals surface area contributed by atoms with Crippen molar-refractivity contribution in [3.63, 3.8) is 0 Å². The monoisotopic (exact) mass is 561 g/mol. The number of rotatable bonds is 23. The lowest BCUT2D eigenvalue weighted by atomic mass is 9.98. The molecule has 0 saturated carbocycles. The van der Waals surface area contributed by atoms with Crippen molar-refractivity contribution in [1.82, 2.24) is 0 Å². The van der Waals surface area contributed by atoms with Crippen LogP contribution >= 0.6 is 0 Å². The van der Waals surface area contributed by atoms with Crippen molar-refractivity contribution < 1.29 is 56.8 Å². The third kappa shape index (κ3) is 11.0. The summed E-state index contributed by atoms with van der Waals surface area (Å²) in [5, 5.41) is 3.42. The van der Waals surface area contributed by atoms with Crippen molar-refractivity contribution in [1.29, 1.82) is 0 Å². The minimum absolute atomic E-state index is 0.0547. The van der Waals surface area contributed by atoms with Gasteiger partial charge in [-0.15, -0.1) is 0 Å². The van der Waals surface area contributed by atoms with Crippen LogP contribution in [-0.4, -0.2) is 154 Å². The third-order valence-electron chi connectivity index (χ3n) is 6.49. The Labute approximate surface area is 227 Å². The molecule has 5 saturated heterocycles. The minimum atomic E-state index is -0.736. The van der Waals surface area contributed by atoms with Crippen LogP contribution in [0.15, 0.2) is 5.11 Å². The maximum atomic E-state index is 8.28.